The first-order valence-electron chi connectivity index (χ1n) is 14.0. The number of rotatable bonds is 4. The number of hydrogen-bond acceptors (Lipinski definition) is 7. The molecule has 5 heterocycles. The van der Waals surface area contributed by atoms with Gasteiger partial charge in [-0.3, -0.25) is 14.3 Å². The predicted molar refractivity (Wildman–Crippen MR) is 149 cm³/mol. The van der Waals surface area contributed by atoms with Crippen LogP contribution in [0.25, 0.3) is 16.7 Å². The number of piperazine rings is 1. The van der Waals surface area contributed by atoms with Gasteiger partial charge in [0.2, 0.25) is 0 Å². The molecule has 6 rings (SSSR count). The van der Waals surface area contributed by atoms with Crippen LogP contribution in [0.1, 0.15) is 32.1 Å². The van der Waals surface area contributed by atoms with E-state index in [1.165, 1.54) is 47.3 Å². The Balaban J connectivity index is 1.16. The molecule has 2 amide bonds. The van der Waals surface area contributed by atoms with Gasteiger partial charge < -0.3 is 19.8 Å². The smallest absolute Gasteiger partial charge is 0.319 e. The van der Waals surface area contributed by atoms with E-state index in [-0.39, 0.29) is 18.1 Å². The fourth-order valence-electron chi connectivity index (χ4n) is 6.32. The number of hydrogen-bond donors (Lipinski definition) is 1. The second-order valence-corrected chi connectivity index (χ2v) is 11.5. The van der Waals surface area contributed by atoms with E-state index in [2.05, 4.69) is 32.0 Å². The number of benzene rings is 1. The number of likely N-dealkylation sites (tertiary alicyclic amines) is 1. The number of aromatic nitrogens is 4. The van der Waals surface area contributed by atoms with E-state index in [9.17, 15) is 14.7 Å². The molecule has 0 aliphatic carbocycles. The second-order valence-electron chi connectivity index (χ2n) is 11.5. The highest BCUT2D eigenvalue weighted by molar-refractivity contribution is 5.75. The molecular weight excluding hydrogens is 496 g/mol. The lowest BCUT2D eigenvalue weighted by Gasteiger charge is -2.45. The van der Waals surface area contributed by atoms with Crippen LogP contribution in [0.5, 0.6) is 0 Å². The van der Waals surface area contributed by atoms with E-state index in [0.717, 1.165) is 25.3 Å². The summed E-state index contributed by atoms with van der Waals surface area (Å²) in [5.74, 6) is 0. The Hall–Kier alpha value is -3.44. The monoisotopic (exact) mass is 534 g/mol. The minimum atomic E-state index is -1.07. The third-order valence-electron chi connectivity index (χ3n) is 8.66. The van der Waals surface area contributed by atoms with Gasteiger partial charge in [0, 0.05) is 58.5 Å². The minimum absolute atomic E-state index is 0.0652. The lowest BCUT2D eigenvalue weighted by molar-refractivity contribution is -0.0282. The first kappa shape index (κ1) is 25.8. The maximum Gasteiger partial charge on any atom is 0.319 e. The van der Waals surface area contributed by atoms with Crippen molar-refractivity contribution in [3.8, 4) is 5.69 Å². The number of nitrogens with zero attached hydrogens (tertiary/aromatic N) is 8. The highest BCUT2D eigenvalue weighted by Crippen LogP contribution is 2.27. The molecule has 39 heavy (non-hydrogen) atoms. The van der Waals surface area contributed by atoms with Gasteiger partial charge in [0.05, 0.1) is 24.0 Å². The zero-order chi connectivity index (χ0) is 27.1. The van der Waals surface area contributed by atoms with Crippen molar-refractivity contribution in [3.63, 3.8) is 0 Å². The number of urea groups is 1. The quantitative estimate of drug-likeness (QED) is 0.544. The molecule has 0 spiro atoms. The van der Waals surface area contributed by atoms with Crippen molar-refractivity contribution in [1.29, 1.82) is 0 Å². The lowest BCUT2D eigenvalue weighted by atomic mass is 9.91. The number of aliphatic hydroxyl groups is 1. The molecule has 3 fully saturated rings. The van der Waals surface area contributed by atoms with Crippen LogP contribution in [0.2, 0.25) is 0 Å². The maximum atomic E-state index is 13.3. The molecule has 0 unspecified atom stereocenters. The van der Waals surface area contributed by atoms with Gasteiger partial charge in [-0.25, -0.2) is 14.5 Å². The van der Waals surface area contributed by atoms with Crippen LogP contribution in [0.15, 0.2) is 41.6 Å². The number of piperidine rings is 2. The van der Waals surface area contributed by atoms with Crippen molar-refractivity contribution < 1.29 is 9.90 Å². The molecule has 11 nitrogen and oxygen atoms in total. The van der Waals surface area contributed by atoms with Gasteiger partial charge in [0.15, 0.2) is 5.65 Å². The van der Waals surface area contributed by atoms with Crippen molar-refractivity contribution in [2.24, 2.45) is 0 Å². The predicted octanol–water partition coefficient (Wildman–Crippen LogP) is 1.77. The highest BCUT2D eigenvalue weighted by atomic mass is 16.3. The summed E-state index contributed by atoms with van der Waals surface area (Å²) in [7, 11) is 3.44. The molecule has 3 aromatic rings. The standard InChI is InChI=1S/C28H38N8O3/c1-31(2)27(38)33-13-10-28(39,11-14-33)19-35-20-29-25-24(26(35)37)17-30-36(25)22-8-6-21(7-9-22)34-16-15-32-12-4-3-5-23(32)18-34/h6-9,17,20,23,39H,3-5,10-16,18-19H2,1-2H3/t23-/m1/s1. The number of carbonyl (C=O) groups is 1. The molecule has 0 bridgehead atoms. The van der Waals surface area contributed by atoms with Gasteiger partial charge in [-0.15, -0.1) is 0 Å². The van der Waals surface area contributed by atoms with E-state index < -0.39 is 5.60 Å². The summed E-state index contributed by atoms with van der Waals surface area (Å²) in [4.78, 5) is 38.5. The molecule has 1 atom stereocenters. The zero-order valence-electron chi connectivity index (χ0n) is 22.9. The Labute approximate surface area is 228 Å². The van der Waals surface area contributed by atoms with Crippen molar-refractivity contribution >= 4 is 22.8 Å². The average molecular weight is 535 g/mol. The fraction of sp³-hybridized carbons (Fsp3) is 0.571. The van der Waals surface area contributed by atoms with E-state index >= 15 is 0 Å². The largest absolute Gasteiger partial charge is 0.388 e. The lowest BCUT2D eigenvalue weighted by Crippen LogP contribution is -2.54. The molecule has 11 heteroatoms. The van der Waals surface area contributed by atoms with Crippen molar-refractivity contribution in [3.05, 3.63) is 47.1 Å². The van der Waals surface area contributed by atoms with Crippen LogP contribution in [0.3, 0.4) is 0 Å². The Kier molecular flexibility index (Phi) is 6.80. The van der Waals surface area contributed by atoms with Crippen LogP contribution in [0, 0.1) is 0 Å². The molecule has 1 N–H and O–H groups in total. The number of anilines is 1. The molecule has 2 aromatic heterocycles. The topological polar surface area (TPSA) is 103 Å². The van der Waals surface area contributed by atoms with Crippen LogP contribution in [0.4, 0.5) is 10.5 Å². The van der Waals surface area contributed by atoms with Gasteiger partial charge in [0.1, 0.15) is 11.7 Å². The van der Waals surface area contributed by atoms with Crippen molar-refractivity contribution in [2.75, 3.05) is 58.3 Å². The molecule has 3 aliphatic heterocycles. The van der Waals surface area contributed by atoms with Crippen LogP contribution in [-0.2, 0) is 6.54 Å². The van der Waals surface area contributed by atoms with Gasteiger partial charge in [-0.2, -0.15) is 5.10 Å². The third kappa shape index (κ3) is 5.00. The summed E-state index contributed by atoms with van der Waals surface area (Å²) in [5.41, 5.74) is 1.26. The van der Waals surface area contributed by atoms with E-state index in [0.29, 0.717) is 43.0 Å². The summed E-state index contributed by atoms with van der Waals surface area (Å²) >= 11 is 0. The summed E-state index contributed by atoms with van der Waals surface area (Å²) in [6.45, 7) is 5.49. The molecule has 0 radical (unpaired) electrons. The Morgan fingerprint density at radius 1 is 1.05 bits per heavy atom. The minimum Gasteiger partial charge on any atom is -0.388 e. The van der Waals surface area contributed by atoms with E-state index in [1.54, 1.807) is 29.9 Å². The summed E-state index contributed by atoms with van der Waals surface area (Å²) in [6, 6.07) is 8.92. The van der Waals surface area contributed by atoms with Crippen molar-refractivity contribution in [1.82, 2.24) is 34.0 Å². The Morgan fingerprint density at radius 3 is 2.54 bits per heavy atom. The van der Waals surface area contributed by atoms with Crippen LogP contribution in [-0.4, -0.2) is 110 Å². The highest BCUT2D eigenvalue weighted by Gasteiger charge is 2.35. The first-order chi connectivity index (χ1) is 18.8. The number of carbonyl (C=O) groups excluding carboxylic acids is 1. The first-order valence-corrected chi connectivity index (χ1v) is 14.0. The molecule has 1 aromatic carbocycles. The third-order valence-corrected chi connectivity index (χ3v) is 8.66. The molecule has 208 valence electrons. The fourth-order valence-corrected chi connectivity index (χ4v) is 6.32. The number of fused-ring (bicyclic) bond motifs is 2. The van der Waals surface area contributed by atoms with Gasteiger partial charge in [-0.05, 0) is 56.5 Å². The SMILES string of the molecule is CN(C)C(=O)N1CCC(O)(Cn2cnc3c(cnn3-c3ccc(N4CCN5CCCC[C@@H]5C4)cc3)c2=O)CC1. The summed E-state index contributed by atoms with van der Waals surface area (Å²) < 4.78 is 3.16. The Morgan fingerprint density at radius 2 is 1.79 bits per heavy atom. The van der Waals surface area contributed by atoms with E-state index in [1.807, 2.05) is 12.1 Å². The normalized spacial score (nSPS) is 21.7. The average Bonchev–Trinajstić information content (AvgIpc) is 3.39. The van der Waals surface area contributed by atoms with Gasteiger partial charge >= 0.3 is 6.03 Å². The Bertz CT molecular complexity index is 1390. The molecule has 0 saturated carbocycles. The summed E-state index contributed by atoms with van der Waals surface area (Å²) in [6.07, 6.45) is 7.78. The molecule has 3 saturated heterocycles. The molecule has 3 aliphatic rings. The van der Waals surface area contributed by atoms with Gasteiger partial charge in [0.25, 0.3) is 5.56 Å². The zero-order valence-corrected chi connectivity index (χ0v) is 22.9. The maximum absolute atomic E-state index is 13.3. The molecular formula is C28H38N8O3. The van der Waals surface area contributed by atoms with Crippen molar-refractivity contribution in [2.45, 2.75) is 50.3 Å². The van der Waals surface area contributed by atoms with Gasteiger partial charge in [-0.1, -0.05) is 6.42 Å². The number of amides is 2. The second kappa shape index (κ2) is 10.3. The van der Waals surface area contributed by atoms with Crippen LogP contribution >= 0.6 is 0 Å². The van der Waals surface area contributed by atoms with Crippen LogP contribution < -0.4 is 10.5 Å². The summed E-state index contributed by atoms with van der Waals surface area (Å²) in [5, 5.41) is 16.1. The van der Waals surface area contributed by atoms with E-state index in [4.69, 9.17) is 0 Å².